The Morgan fingerprint density at radius 2 is 2.16 bits per heavy atom. The van der Waals surface area contributed by atoms with E-state index < -0.39 is 0 Å². The Kier molecular flexibility index (Phi) is 4.86. The van der Waals surface area contributed by atoms with Gasteiger partial charge in [-0.1, -0.05) is 29.3 Å². The lowest BCUT2D eigenvalue weighted by atomic mass is 10.1. The number of aryl methyl sites for hydroxylation is 1. The number of nitrogens with one attached hydrogen (secondary N) is 1. The van der Waals surface area contributed by atoms with Gasteiger partial charge in [0, 0.05) is 48.5 Å². The zero-order valence-electron chi connectivity index (χ0n) is 11.0. The highest BCUT2D eigenvalue weighted by atomic mass is 35.5. The number of imidazole rings is 1. The Morgan fingerprint density at radius 3 is 2.79 bits per heavy atom. The number of nitrogens with zero attached hydrogens (tertiary/aromatic N) is 2. The summed E-state index contributed by atoms with van der Waals surface area (Å²) in [6, 6.07) is 5.78. The summed E-state index contributed by atoms with van der Waals surface area (Å²) in [5.74, 6) is 1.07. The number of rotatable bonds is 5. The quantitative estimate of drug-likeness (QED) is 0.913. The molecule has 0 bridgehead atoms. The minimum atomic E-state index is 0.185. The molecule has 1 unspecified atom stereocenters. The first kappa shape index (κ1) is 14.4. The van der Waals surface area contributed by atoms with E-state index in [-0.39, 0.29) is 6.04 Å². The van der Waals surface area contributed by atoms with E-state index in [2.05, 4.69) is 17.2 Å². The molecular formula is C14H17Cl2N3. The van der Waals surface area contributed by atoms with Crippen molar-refractivity contribution >= 4 is 23.2 Å². The van der Waals surface area contributed by atoms with Crippen LogP contribution >= 0.6 is 23.2 Å². The molecule has 3 nitrogen and oxygen atoms in total. The summed E-state index contributed by atoms with van der Waals surface area (Å²) in [5, 5.41) is 4.80. The Balaban J connectivity index is 1.91. The molecule has 1 heterocycles. The Labute approximate surface area is 123 Å². The molecule has 0 radical (unpaired) electrons. The first-order chi connectivity index (χ1) is 9.08. The molecule has 1 atom stereocenters. The van der Waals surface area contributed by atoms with Crippen LogP contribution in [0.3, 0.4) is 0 Å². The molecule has 1 N–H and O–H groups in total. The van der Waals surface area contributed by atoms with E-state index in [1.54, 1.807) is 6.07 Å². The second-order valence-corrected chi connectivity index (χ2v) is 5.39. The van der Waals surface area contributed by atoms with Crippen LogP contribution < -0.4 is 5.32 Å². The van der Waals surface area contributed by atoms with Gasteiger partial charge >= 0.3 is 0 Å². The van der Waals surface area contributed by atoms with Gasteiger partial charge in [0.25, 0.3) is 0 Å². The lowest BCUT2D eigenvalue weighted by Crippen LogP contribution is -2.22. The zero-order chi connectivity index (χ0) is 13.8. The van der Waals surface area contributed by atoms with Crippen LogP contribution in [-0.2, 0) is 13.5 Å². The predicted molar refractivity (Wildman–Crippen MR) is 79.8 cm³/mol. The molecule has 1 aromatic carbocycles. The largest absolute Gasteiger partial charge is 0.338 e. The van der Waals surface area contributed by atoms with Gasteiger partial charge in [0.05, 0.1) is 0 Å². The molecule has 0 saturated carbocycles. The summed E-state index contributed by atoms with van der Waals surface area (Å²) >= 11 is 12.1. The van der Waals surface area contributed by atoms with E-state index in [4.69, 9.17) is 23.2 Å². The molecule has 102 valence electrons. The monoisotopic (exact) mass is 297 g/mol. The van der Waals surface area contributed by atoms with Crippen molar-refractivity contribution in [1.29, 1.82) is 0 Å². The Hall–Kier alpha value is -1.03. The lowest BCUT2D eigenvalue weighted by Gasteiger charge is -2.15. The van der Waals surface area contributed by atoms with Gasteiger partial charge in [-0.3, -0.25) is 0 Å². The molecule has 5 heteroatoms. The molecule has 19 heavy (non-hydrogen) atoms. The predicted octanol–water partition coefficient (Wildman–Crippen LogP) is 3.62. The summed E-state index contributed by atoms with van der Waals surface area (Å²) in [5.41, 5.74) is 1.06. The van der Waals surface area contributed by atoms with Gasteiger partial charge < -0.3 is 9.88 Å². The van der Waals surface area contributed by atoms with Gasteiger partial charge in [0.15, 0.2) is 0 Å². The fraction of sp³-hybridized carbons (Fsp3) is 0.357. The fourth-order valence-electron chi connectivity index (χ4n) is 2.00. The molecule has 0 fully saturated rings. The van der Waals surface area contributed by atoms with Crippen molar-refractivity contribution in [2.75, 3.05) is 6.54 Å². The van der Waals surface area contributed by atoms with Crippen molar-refractivity contribution in [3.8, 4) is 0 Å². The van der Waals surface area contributed by atoms with Crippen LogP contribution in [0, 0.1) is 0 Å². The van der Waals surface area contributed by atoms with Crippen LogP contribution in [0.4, 0.5) is 0 Å². The van der Waals surface area contributed by atoms with Gasteiger partial charge in [-0.25, -0.2) is 4.98 Å². The number of benzene rings is 1. The van der Waals surface area contributed by atoms with Gasteiger partial charge in [-0.2, -0.15) is 0 Å². The maximum absolute atomic E-state index is 6.19. The van der Waals surface area contributed by atoms with E-state index in [1.807, 2.05) is 36.1 Å². The summed E-state index contributed by atoms with van der Waals surface area (Å²) in [7, 11) is 2.00. The summed E-state index contributed by atoms with van der Waals surface area (Å²) in [6.45, 7) is 2.94. The van der Waals surface area contributed by atoms with E-state index >= 15 is 0 Å². The second-order valence-electron chi connectivity index (χ2n) is 4.55. The maximum Gasteiger partial charge on any atom is 0.109 e. The molecule has 2 rings (SSSR count). The minimum absolute atomic E-state index is 0.185. The van der Waals surface area contributed by atoms with Crippen LogP contribution in [0.15, 0.2) is 30.6 Å². The highest BCUT2D eigenvalue weighted by Gasteiger charge is 2.09. The summed E-state index contributed by atoms with van der Waals surface area (Å²) in [4.78, 5) is 4.29. The number of halogens is 2. The maximum atomic E-state index is 6.19. The van der Waals surface area contributed by atoms with Crippen LogP contribution in [0.1, 0.15) is 24.4 Å². The molecule has 0 amide bonds. The van der Waals surface area contributed by atoms with Crippen LogP contribution in [0.2, 0.25) is 10.0 Å². The molecule has 0 aliphatic carbocycles. The van der Waals surface area contributed by atoms with Crippen LogP contribution in [0.25, 0.3) is 0 Å². The smallest absolute Gasteiger partial charge is 0.109 e. The molecule has 0 aliphatic rings. The molecular weight excluding hydrogens is 281 g/mol. The van der Waals surface area contributed by atoms with E-state index in [9.17, 15) is 0 Å². The van der Waals surface area contributed by atoms with Crippen molar-refractivity contribution in [3.05, 3.63) is 52.0 Å². The molecule has 1 aromatic heterocycles. The van der Waals surface area contributed by atoms with Crippen molar-refractivity contribution in [2.24, 2.45) is 7.05 Å². The van der Waals surface area contributed by atoms with E-state index in [1.165, 1.54) is 0 Å². The Morgan fingerprint density at radius 1 is 1.37 bits per heavy atom. The SMILES string of the molecule is CC(NCCc1nccn1C)c1ccc(Cl)cc1Cl. The number of hydrogen-bond donors (Lipinski definition) is 1. The zero-order valence-corrected chi connectivity index (χ0v) is 12.5. The van der Waals surface area contributed by atoms with Crippen molar-refractivity contribution in [1.82, 2.24) is 14.9 Å². The number of aromatic nitrogens is 2. The van der Waals surface area contributed by atoms with Gasteiger partial charge in [0.2, 0.25) is 0 Å². The summed E-state index contributed by atoms with van der Waals surface area (Å²) < 4.78 is 2.03. The minimum Gasteiger partial charge on any atom is -0.338 e. The highest BCUT2D eigenvalue weighted by molar-refractivity contribution is 6.35. The fourth-order valence-corrected chi connectivity index (χ4v) is 2.57. The van der Waals surface area contributed by atoms with Gasteiger partial charge in [-0.05, 0) is 24.6 Å². The third-order valence-corrected chi connectivity index (χ3v) is 3.71. The third-order valence-electron chi connectivity index (χ3n) is 3.15. The first-order valence-electron chi connectivity index (χ1n) is 6.22. The Bertz CT molecular complexity index is 551. The molecule has 0 aliphatic heterocycles. The highest BCUT2D eigenvalue weighted by Crippen LogP contribution is 2.25. The molecule has 2 aromatic rings. The molecule has 0 saturated heterocycles. The third kappa shape index (κ3) is 3.72. The van der Waals surface area contributed by atoms with Gasteiger partial charge in [-0.15, -0.1) is 0 Å². The van der Waals surface area contributed by atoms with E-state index in [0.717, 1.165) is 24.4 Å². The van der Waals surface area contributed by atoms with Crippen molar-refractivity contribution in [3.63, 3.8) is 0 Å². The average molecular weight is 298 g/mol. The lowest BCUT2D eigenvalue weighted by molar-refractivity contribution is 0.565. The first-order valence-corrected chi connectivity index (χ1v) is 6.98. The van der Waals surface area contributed by atoms with Crippen molar-refractivity contribution < 1.29 is 0 Å². The normalized spacial score (nSPS) is 12.6. The number of hydrogen-bond acceptors (Lipinski definition) is 2. The van der Waals surface area contributed by atoms with Gasteiger partial charge in [0.1, 0.15) is 5.82 Å². The van der Waals surface area contributed by atoms with Crippen LogP contribution in [-0.4, -0.2) is 16.1 Å². The molecule has 0 spiro atoms. The van der Waals surface area contributed by atoms with Crippen molar-refractivity contribution in [2.45, 2.75) is 19.4 Å². The average Bonchev–Trinajstić information content (AvgIpc) is 2.75. The van der Waals surface area contributed by atoms with Crippen LogP contribution in [0.5, 0.6) is 0 Å². The second kappa shape index (κ2) is 6.42. The standard InChI is InChI=1S/C14H17Cl2N3/c1-10(12-4-3-11(15)9-13(12)16)17-6-5-14-18-7-8-19(14)2/h3-4,7-10,17H,5-6H2,1-2H3. The van der Waals surface area contributed by atoms with E-state index in [0.29, 0.717) is 10.0 Å². The summed E-state index contributed by atoms with van der Waals surface area (Å²) in [6.07, 6.45) is 4.66. The topological polar surface area (TPSA) is 29.9 Å².